The Morgan fingerprint density at radius 2 is 1.93 bits per heavy atom. The molecule has 0 radical (unpaired) electrons. The average Bonchev–Trinajstić information content (AvgIpc) is 3.03. The van der Waals surface area contributed by atoms with Crippen LogP contribution in [0, 0.1) is 0 Å². The molecule has 1 saturated heterocycles. The number of likely N-dealkylation sites (tertiary alicyclic amines) is 1. The number of pyridine rings is 1. The standard InChI is InChI=1S/C23H26N2O5/c1-3-4-13-30-18-7-5-6-17(15-18)21(26)19-20(16-8-10-24-11-9-16)25(12-14-29-2)23(28)22(19)27/h5-11,15,20,26H,3-4,12-14H2,1-2H3. The Kier molecular flexibility index (Phi) is 7.19. The number of Topliss-reactive ketones (excluding diaryl/α,β-unsaturated/α-hetero) is 1. The molecule has 7 heteroatoms. The first-order valence-electron chi connectivity index (χ1n) is 9.99. The van der Waals surface area contributed by atoms with Gasteiger partial charge in [0.05, 0.1) is 24.8 Å². The topological polar surface area (TPSA) is 89.0 Å². The lowest BCUT2D eigenvalue weighted by Crippen LogP contribution is -2.32. The van der Waals surface area contributed by atoms with E-state index in [4.69, 9.17) is 9.47 Å². The summed E-state index contributed by atoms with van der Waals surface area (Å²) in [6.45, 7) is 3.15. The number of carbonyl (C=O) groups excluding carboxylic acids is 2. The Labute approximate surface area is 175 Å². The summed E-state index contributed by atoms with van der Waals surface area (Å²) in [6, 6.07) is 9.66. The molecule has 0 bridgehead atoms. The molecule has 1 N–H and O–H groups in total. The van der Waals surface area contributed by atoms with E-state index in [-0.39, 0.29) is 24.5 Å². The minimum absolute atomic E-state index is 0.0491. The number of unbranched alkanes of at least 4 members (excludes halogenated alkanes) is 1. The molecule has 1 atom stereocenters. The Hall–Kier alpha value is -3.19. The molecule has 1 amide bonds. The molecule has 1 aromatic carbocycles. The molecule has 0 spiro atoms. The highest BCUT2D eigenvalue weighted by molar-refractivity contribution is 6.46. The quantitative estimate of drug-likeness (QED) is 0.295. The van der Waals surface area contributed by atoms with Crippen molar-refractivity contribution in [2.75, 3.05) is 26.9 Å². The maximum absolute atomic E-state index is 12.9. The second-order valence-corrected chi connectivity index (χ2v) is 7.00. The van der Waals surface area contributed by atoms with Gasteiger partial charge in [-0.15, -0.1) is 0 Å². The molecule has 1 aromatic heterocycles. The van der Waals surface area contributed by atoms with Crippen LogP contribution in [0.4, 0.5) is 0 Å². The molecule has 1 aliphatic heterocycles. The largest absolute Gasteiger partial charge is 0.507 e. The fourth-order valence-corrected chi connectivity index (χ4v) is 3.42. The van der Waals surface area contributed by atoms with Gasteiger partial charge in [-0.2, -0.15) is 0 Å². The first-order chi connectivity index (χ1) is 14.6. The molecular weight excluding hydrogens is 384 g/mol. The SMILES string of the molecule is CCCCOc1cccc(C(O)=C2C(=O)C(=O)N(CCOC)C2c2ccncc2)c1. The summed E-state index contributed by atoms with van der Waals surface area (Å²) >= 11 is 0. The van der Waals surface area contributed by atoms with E-state index in [1.165, 1.54) is 12.0 Å². The first kappa shape index (κ1) is 21.5. The average molecular weight is 410 g/mol. The van der Waals surface area contributed by atoms with Gasteiger partial charge in [0, 0.05) is 31.6 Å². The van der Waals surface area contributed by atoms with E-state index < -0.39 is 17.7 Å². The van der Waals surface area contributed by atoms with Crippen molar-refractivity contribution in [3.8, 4) is 5.75 Å². The van der Waals surface area contributed by atoms with Crippen molar-refractivity contribution in [2.24, 2.45) is 0 Å². The predicted molar refractivity (Wildman–Crippen MR) is 112 cm³/mol. The number of benzene rings is 1. The van der Waals surface area contributed by atoms with Crippen LogP contribution in [0.2, 0.25) is 0 Å². The highest BCUT2D eigenvalue weighted by Gasteiger charge is 2.45. The third-order valence-corrected chi connectivity index (χ3v) is 4.97. The van der Waals surface area contributed by atoms with Crippen molar-refractivity contribution in [2.45, 2.75) is 25.8 Å². The smallest absolute Gasteiger partial charge is 0.295 e. The van der Waals surface area contributed by atoms with Crippen LogP contribution >= 0.6 is 0 Å². The number of carbonyl (C=O) groups is 2. The van der Waals surface area contributed by atoms with Crippen LogP contribution in [0.1, 0.15) is 36.9 Å². The van der Waals surface area contributed by atoms with Crippen molar-refractivity contribution in [3.63, 3.8) is 0 Å². The molecule has 30 heavy (non-hydrogen) atoms. The molecule has 1 aliphatic rings. The Balaban J connectivity index is 2.04. The Bertz CT molecular complexity index is 926. The Morgan fingerprint density at radius 1 is 1.17 bits per heavy atom. The molecule has 1 fully saturated rings. The van der Waals surface area contributed by atoms with Crippen LogP contribution in [0.3, 0.4) is 0 Å². The van der Waals surface area contributed by atoms with E-state index >= 15 is 0 Å². The number of ketones is 1. The Morgan fingerprint density at radius 3 is 2.63 bits per heavy atom. The van der Waals surface area contributed by atoms with E-state index in [9.17, 15) is 14.7 Å². The highest BCUT2D eigenvalue weighted by atomic mass is 16.5. The molecular formula is C23H26N2O5. The van der Waals surface area contributed by atoms with Crippen LogP contribution in [0.15, 0.2) is 54.4 Å². The highest BCUT2D eigenvalue weighted by Crippen LogP contribution is 2.39. The van der Waals surface area contributed by atoms with Gasteiger partial charge in [-0.25, -0.2) is 0 Å². The van der Waals surface area contributed by atoms with Crippen molar-refractivity contribution in [1.82, 2.24) is 9.88 Å². The van der Waals surface area contributed by atoms with Crippen LogP contribution in [0.25, 0.3) is 5.76 Å². The number of aliphatic hydroxyl groups is 1. The molecule has 2 aromatic rings. The molecule has 0 aliphatic carbocycles. The van der Waals surface area contributed by atoms with Gasteiger partial charge in [0.1, 0.15) is 11.5 Å². The molecule has 0 saturated carbocycles. The molecule has 2 heterocycles. The first-order valence-corrected chi connectivity index (χ1v) is 9.99. The predicted octanol–water partition coefficient (Wildman–Crippen LogP) is 3.33. The lowest BCUT2D eigenvalue weighted by Gasteiger charge is -2.24. The molecule has 1 unspecified atom stereocenters. The number of nitrogens with zero attached hydrogens (tertiary/aromatic N) is 2. The van der Waals surface area contributed by atoms with Crippen LogP contribution in [-0.4, -0.2) is 53.5 Å². The summed E-state index contributed by atoms with van der Waals surface area (Å²) in [5.74, 6) is -1.01. The number of hydrogen-bond acceptors (Lipinski definition) is 6. The molecule has 3 rings (SSSR count). The normalized spacial score (nSPS) is 18.1. The number of amides is 1. The van der Waals surface area contributed by atoms with E-state index in [1.807, 2.05) is 0 Å². The zero-order valence-electron chi connectivity index (χ0n) is 17.2. The van der Waals surface area contributed by atoms with Gasteiger partial charge in [0.2, 0.25) is 0 Å². The monoisotopic (exact) mass is 410 g/mol. The van der Waals surface area contributed by atoms with Gasteiger partial charge in [0.15, 0.2) is 0 Å². The lowest BCUT2D eigenvalue weighted by molar-refractivity contribution is -0.140. The van der Waals surface area contributed by atoms with Gasteiger partial charge < -0.3 is 19.5 Å². The van der Waals surface area contributed by atoms with Gasteiger partial charge in [-0.1, -0.05) is 25.5 Å². The van der Waals surface area contributed by atoms with Crippen LogP contribution in [0.5, 0.6) is 5.75 Å². The fourth-order valence-electron chi connectivity index (χ4n) is 3.42. The van der Waals surface area contributed by atoms with Gasteiger partial charge in [0.25, 0.3) is 11.7 Å². The van der Waals surface area contributed by atoms with Crippen molar-refractivity contribution < 1.29 is 24.2 Å². The van der Waals surface area contributed by atoms with Crippen LogP contribution in [-0.2, 0) is 14.3 Å². The van der Waals surface area contributed by atoms with Crippen molar-refractivity contribution >= 4 is 17.4 Å². The van der Waals surface area contributed by atoms with Crippen molar-refractivity contribution in [3.05, 3.63) is 65.5 Å². The van der Waals surface area contributed by atoms with Gasteiger partial charge >= 0.3 is 0 Å². The maximum atomic E-state index is 12.9. The minimum Gasteiger partial charge on any atom is -0.507 e. The fraction of sp³-hybridized carbons (Fsp3) is 0.348. The van der Waals surface area contributed by atoms with E-state index in [0.717, 1.165) is 12.8 Å². The van der Waals surface area contributed by atoms with E-state index in [1.54, 1.807) is 48.8 Å². The third-order valence-electron chi connectivity index (χ3n) is 4.97. The summed E-state index contributed by atoms with van der Waals surface area (Å²) in [5.41, 5.74) is 1.16. The number of methoxy groups -OCH3 is 1. The maximum Gasteiger partial charge on any atom is 0.295 e. The molecule has 158 valence electrons. The van der Waals surface area contributed by atoms with Crippen molar-refractivity contribution in [1.29, 1.82) is 0 Å². The summed E-state index contributed by atoms with van der Waals surface area (Å²) in [4.78, 5) is 31.0. The lowest BCUT2D eigenvalue weighted by atomic mass is 9.96. The number of aromatic nitrogens is 1. The summed E-state index contributed by atoms with van der Waals surface area (Å²) in [5, 5.41) is 11.1. The number of aliphatic hydroxyl groups excluding tert-OH is 1. The number of hydrogen-bond donors (Lipinski definition) is 1. The van der Waals surface area contributed by atoms with E-state index in [2.05, 4.69) is 11.9 Å². The summed E-state index contributed by atoms with van der Waals surface area (Å²) in [6.07, 6.45) is 5.11. The van der Waals surface area contributed by atoms with E-state index in [0.29, 0.717) is 23.5 Å². The minimum atomic E-state index is -0.720. The van der Waals surface area contributed by atoms with Gasteiger partial charge in [-0.3, -0.25) is 14.6 Å². The number of rotatable bonds is 9. The third kappa shape index (κ3) is 4.52. The number of ether oxygens (including phenoxy) is 2. The summed E-state index contributed by atoms with van der Waals surface area (Å²) < 4.78 is 10.8. The zero-order chi connectivity index (χ0) is 21.5. The van der Waals surface area contributed by atoms with Crippen LogP contribution < -0.4 is 4.74 Å². The molecule has 7 nitrogen and oxygen atoms in total. The summed E-state index contributed by atoms with van der Waals surface area (Å²) in [7, 11) is 1.53. The van der Waals surface area contributed by atoms with Gasteiger partial charge in [-0.05, 0) is 36.2 Å². The zero-order valence-corrected chi connectivity index (χ0v) is 17.2. The second-order valence-electron chi connectivity index (χ2n) is 7.00. The second kappa shape index (κ2) is 10.0.